The number of methoxy groups -OCH3 is 1. The number of benzene rings is 1. The molecule has 0 bridgehead atoms. The van der Waals surface area contributed by atoms with Crippen molar-refractivity contribution in [1.29, 1.82) is 0 Å². The van der Waals surface area contributed by atoms with Gasteiger partial charge in [-0.1, -0.05) is 6.07 Å². The van der Waals surface area contributed by atoms with Gasteiger partial charge in [-0.2, -0.15) is 0 Å². The number of nitrogens with zero attached hydrogens (tertiary/aromatic N) is 1. The van der Waals surface area contributed by atoms with Gasteiger partial charge in [0.2, 0.25) is 0 Å². The van der Waals surface area contributed by atoms with Gasteiger partial charge in [0.25, 0.3) is 0 Å². The van der Waals surface area contributed by atoms with E-state index in [0.29, 0.717) is 12.6 Å². The Balaban J connectivity index is 2.73. The Kier molecular flexibility index (Phi) is 6.31. The lowest BCUT2D eigenvalue weighted by Crippen LogP contribution is -2.32. The fourth-order valence-electron chi connectivity index (χ4n) is 1.80. The highest BCUT2D eigenvalue weighted by molar-refractivity contribution is 9.10. The van der Waals surface area contributed by atoms with Gasteiger partial charge in [0.15, 0.2) is 0 Å². The van der Waals surface area contributed by atoms with Crippen LogP contribution in [0, 0.1) is 0 Å². The minimum absolute atomic E-state index is 0.162. The highest BCUT2D eigenvalue weighted by Crippen LogP contribution is 2.26. The van der Waals surface area contributed by atoms with Crippen LogP contribution in [0.4, 0.5) is 0 Å². The van der Waals surface area contributed by atoms with E-state index in [9.17, 15) is 4.79 Å². The quantitative estimate of drug-likeness (QED) is 0.834. The summed E-state index contributed by atoms with van der Waals surface area (Å²) in [6, 6.07) is 6.23. The molecule has 0 unspecified atom stereocenters. The predicted octanol–water partition coefficient (Wildman–Crippen LogP) is 3.14. The van der Waals surface area contributed by atoms with Crippen LogP contribution in [-0.4, -0.2) is 35.7 Å². The summed E-state index contributed by atoms with van der Waals surface area (Å²) < 4.78 is 6.10. The zero-order valence-electron chi connectivity index (χ0n) is 11.5. The van der Waals surface area contributed by atoms with Gasteiger partial charge in [0.05, 0.1) is 18.0 Å². The number of carboxylic acid groups (broad SMARTS) is 1. The van der Waals surface area contributed by atoms with E-state index in [1.165, 1.54) is 0 Å². The number of aliphatic carboxylic acids is 1. The smallest absolute Gasteiger partial charge is 0.304 e. The first kappa shape index (κ1) is 16.0. The molecule has 0 aliphatic carbocycles. The number of ether oxygens (including phenoxy) is 1. The monoisotopic (exact) mass is 329 g/mol. The van der Waals surface area contributed by atoms with Gasteiger partial charge in [-0.25, -0.2) is 0 Å². The van der Waals surface area contributed by atoms with Crippen molar-refractivity contribution in [3.8, 4) is 5.75 Å². The van der Waals surface area contributed by atoms with E-state index in [4.69, 9.17) is 9.84 Å². The van der Waals surface area contributed by atoms with E-state index in [1.54, 1.807) is 7.11 Å². The molecule has 0 spiro atoms. The van der Waals surface area contributed by atoms with Crippen LogP contribution in [0.2, 0.25) is 0 Å². The summed E-state index contributed by atoms with van der Waals surface area (Å²) >= 11 is 3.46. The minimum Gasteiger partial charge on any atom is -0.496 e. The first-order valence-corrected chi connectivity index (χ1v) is 7.01. The molecule has 1 rings (SSSR count). The normalized spacial score (nSPS) is 11.1. The van der Waals surface area contributed by atoms with Crippen LogP contribution in [0.3, 0.4) is 0 Å². The molecule has 0 amide bonds. The van der Waals surface area contributed by atoms with Crippen molar-refractivity contribution in [2.45, 2.75) is 32.9 Å². The van der Waals surface area contributed by atoms with Gasteiger partial charge in [0, 0.05) is 19.1 Å². The Morgan fingerprint density at radius 3 is 2.63 bits per heavy atom. The summed E-state index contributed by atoms with van der Waals surface area (Å²) in [5, 5.41) is 8.77. The maximum Gasteiger partial charge on any atom is 0.304 e. The third kappa shape index (κ3) is 5.20. The fraction of sp³-hybridized carbons (Fsp3) is 0.500. The van der Waals surface area contributed by atoms with Crippen molar-refractivity contribution in [1.82, 2.24) is 4.90 Å². The van der Waals surface area contributed by atoms with Crippen LogP contribution in [0.1, 0.15) is 25.8 Å². The van der Waals surface area contributed by atoms with E-state index < -0.39 is 5.97 Å². The molecule has 0 fully saturated rings. The summed E-state index contributed by atoms with van der Waals surface area (Å²) in [7, 11) is 1.63. The molecule has 106 valence electrons. The van der Waals surface area contributed by atoms with E-state index >= 15 is 0 Å². The molecule has 0 heterocycles. The third-order valence-electron chi connectivity index (χ3n) is 2.95. The molecule has 0 aliphatic heterocycles. The van der Waals surface area contributed by atoms with Crippen molar-refractivity contribution in [2.24, 2.45) is 0 Å². The van der Waals surface area contributed by atoms with Crippen molar-refractivity contribution >= 4 is 21.9 Å². The summed E-state index contributed by atoms with van der Waals surface area (Å²) in [6.07, 6.45) is 0.162. The van der Waals surface area contributed by atoms with E-state index in [0.717, 1.165) is 22.3 Å². The highest BCUT2D eigenvalue weighted by atomic mass is 79.9. The average molecular weight is 330 g/mol. The Morgan fingerprint density at radius 1 is 1.47 bits per heavy atom. The fourth-order valence-corrected chi connectivity index (χ4v) is 2.39. The first-order chi connectivity index (χ1) is 8.93. The lowest BCUT2D eigenvalue weighted by molar-refractivity contribution is -0.137. The molecule has 0 aromatic heterocycles. The molecule has 0 aliphatic rings. The molecule has 1 N–H and O–H groups in total. The summed E-state index contributed by atoms with van der Waals surface area (Å²) in [6.45, 7) is 5.42. The first-order valence-electron chi connectivity index (χ1n) is 6.22. The van der Waals surface area contributed by atoms with Crippen LogP contribution in [0.15, 0.2) is 22.7 Å². The lowest BCUT2D eigenvalue weighted by Gasteiger charge is -2.26. The summed E-state index contributed by atoms with van der Waals surface area (Å²) in [5.41, 5.74) is 1.13. The number of hydrogen-bond donors (Lipinski definition) is 1. The van der Waals surface area contributed by atoms with Crippen molar-refractivity contribution in [2.75, 3.05) is 13.7 Å². The summed E-state index contributed by atoms with van der Waals surface area (Å²) in [4.78, 5) is 12.8. The van der Waals surface area contributed by atoms with Gasteiger partial charge < -0.3 is 9.84 Å². The van der Waals surface area contributed by atoms with Crippen LogP contribution in [0.25, 0.3) is 0 Å². The molecule has 1 aromatic carbocycles. The molecular weight excluding hydrogens is 310 g/mol. The van der Waals surface area contributed by atoms with Crippen molar-refractivity contribution < 1.29 is 14.6 Å². The molecule has 0 saturated carbocycles. The summed E-state index contributed by atoms with van der Waals surface area (Å²) in [5.74, 6) is 0.0342. The number of hydrogen-bond acceptors (Lipinski definition) is 3. The van der Waals surface area contributed by atoms with Crippen LogP contribution in [-0.2, 0) is 11.3 Å². The molecule has 19 heavy (non-hydrogen) atoms. The van der Waals surface area contributed by atoms with Crippen LogP contribution >= 0.6 is 15.9 Å². The largest absolute Gasteiger partial charge is 0.496 e. The van der Waals surface area contributed by atoms with Crippen molar-refractivity contribution in [3.63, 3.8) is 0 Å². The molecule has 1 aromatic rings. The van der Waals surface area contributed by atoms with E-state index in [-0.39, 0.29) is 6.42 Å². The number of carboxylic acids is 1. The van der Waals surface area contributed by atoms with Crippen LogP contribution in [0.5, 0.6) is 5.75 Å². The average Bonchev–Trinajstić information content (AvgIpc) is 2.34. The zero-order chi connectivity index (χ0) is 14.4. The topological polar surface area (TPSA) is 49.8 Å². The highest BCUT2D eigenvalue weighted by Gasteiger charge is 2.12. The number of halogens is 1. The molecular formula is C14H20BrNO3. The Bertz CT molecular complexity index is 435. The second-order valence-corrected chi connectivity index (χ2v) is 5.53. The second-order valence-electron chi connectivity index (χ2n) is 4.68. The van der Waals surface area contributed by atoms with Gasteiger partial charge in [-0.05, 0) is 47.5 Å². The molecule has 0 atom stereocenters. The Hall–Kier alpha value is -1.07. The molecule has 5 heteroatoms. The maximum atomic E-state index is 10.7. The van der Waals surface area contributed by atoms with Crippen LogP contribution < -0.4 is 4.74 Å². The maximum absolute atomic E-state index is 10.7. The van der Waals surface area contributed by atoms with Crippen molar-refractivity contribution in [3.05, 3.63) is 28.2 Å². The van der Waals surface area contributed by atoms with E-state index in [1.807, 2.05) is 18.2 Å². The molecule has 0 radical (unpaired) electrons. The zero-order valence-corrected chi connectivity index (χ0v) is 13.1. The Morgan fingerprint density at radius 2 is 2.16 bits per heavy atom. The SMILES string of the molecule is COc1ccc(CN(CCC(=O)O)C(C)C)cc1Br. The molecule has 4 nitrogen and oxygen atoms in total. The number of rotatable bonds is 7. The van der Waals surface area contributed by atoms with Gasteiger partial charge in [-0.3, -0.25) is 9.69 Å². The van der Waals surface area contributed by atoms with E-state index in [2.05, 4.69) is 34.7 Å². The Labute approximate surface area is 122 Å². The third-order valence-corrected chi connectivity index (χ3v) is 3.56. The molecule has 0 saturated heterocycles. The second kappa shape index (κ2) is 7.50. The minimum atomic E-state index is -0.762. The predicted molar refractivity (Wildman–Crippen MR) is 78.5 cm³/mol. The standard InChI is InChI=1S/C14H20BrNO3/c1-10(2)16(7-6-14(17)18)9-11-4-5-13(19-3)12(15)8-11/h4-5,8,10H,6-7,9H2,1-3H3,(H,17,18). The van der Waals surface area contributed by atoms with Gasteiger partial charge in [-0.15, -0.1) is 0 Å². The van der Waals surface area contributed by atoms with Gasteiger partial charge >= 0.3 is 5.97 Å². The number of carbonyl (C=O) groups is 1. The van der Waals surface area contributed by atoms with Gasteiger partial charge in [0.1, 0.15) is 5.75 Å². The lowest BCUT2D eigenvalue weighted by atomic mass is 10.1.